The third kappa shape index (κ3) is 3.54. The average molecular weight is 349 g/mol. The summed E-state index contributed by atoms with van der Waals surface area (Å²) in [5.41, 5.74) is 2.87. The van der Waals surface area contributed by atoms with Gasteiger partial charge < -0.3 is 15.2 Å². The van der Waals surface area contributed by atoms with Crippen molar-refractivity contribution in [2.45, 2.75) is 25.7 Å². The van der Waals surface area contributed by atoms with E-state index in [-0.39, 0.29) is 5.91 Å². The topological polar surface area (TPSA) is 73.9 Å². The van der Waals surface area contributed by atoms with Crippen molar-refractivity contribution in [2.75, 3.05) is 25.0 Å². The largest absolute Gasteiger partial charge is 0.361 e. The number of aromatic nitrogens is 3. The molecule has 0 unspecified atom stereocenters. The number of hydrogen-bond donors (Lipinski definition) is 2. The molecule has 1 saturated heterocycles. The van der Waals surface area contributed by atoms with Crippen molar-refractivity contribution in [1.29, 1.82) is 0 Å². The van der Waals surface area contributed by atoms with E-state index in [4.69, 9.17) is 0 Å². The second-order valence-corrected chi connectivity index (χ2v) is 6.65. The molecule has 0 spiro atoms. The van der Waals surface area contributed by atoms with Gasteiger partial charge in [-0.2, -0.15) is 0 Å². The van der Waals surface area contributed by atoms with E-state index in [1.54, 1.807) is 12.3 Å². The smallest absolute Gasteiger partial charge is 0.272 e. The monoisotopic (exact) mass is 349 g/mol. The summed E-state index contributed by atoms with van der Waals surface area (Å²) in [5.74, 6) is 0.513. The van der Waals surface area contributed by atoms with Crippen LogP contribution in [-0.4, -0.2) is 45.4 Å². The number of rotatable bonds is 5. The molecule has 0 atom stereocenters. The van der Waals surface area contributed by atoms with Crippen LogP contribution in [0.5, 0.6) is 0 Å². The number of aromatic amines is 1. The number of H-pyrrole nitrogens is 1. The highest BCUT2D eigenvalue weighted by Gasteiger charge is 2.19. The van der Waals surface area contributed by atoms with Gasteiger partial charge in [-0.3, -0.25) is 4.79 Å². The third-order valence-corrected chi connectivity index (χ3v) is 4.87. The zero-order chi connectivity index (χ0) is 17.8. The number of likely N-dealkylation sites (tertiary alicyclic amines) is 1. The molecule has 1 fully saturated rings. The molecule has 3 aromatic rings. The molecule has 2 aromatic heterocycles. The Kier molecular flexibility index (Phi) is 4.82. The highest BCUT2D eigenvalue weighted by molar-refractivity contribution is 5.92. The van der Waals surface area contributed by atoms with Crippen LogP contribution in [0.4, 0.5) is 5.95 Å². The second-order valence-electron chi connectivity index (χ2n) is 6.65. The number of hydrogen-bond acceptors (Lipinski definition) is 4. The second kappa shape index (κ2) is 7.56. The number of carbonyl (C=O) groups is 1. The molecule has 3 heterocycles. The Labute approximate surface area is 152 Å². The fraction of sp³-hybridized carbons (Fsp3) is 0.350. The highest BCUT2D eigenvalue weighted by Crippen LogP contribution is 2.18. The molecule has 26 heavy (non-hydrogen) atoms. The Morgan fingerprint density at radius 3 is 2.88 bits per heavy atom. The normalized spacial score (nSPS) is 14.5. The third-order valence-electron chi connectivity index (χ3n) is 4.87. The number of anilines is 1. The van der Waals surface area contributed by atoms with Crippen molar-refractivity contribution in [3.8, 4) is 0 Å². The summed E-state index contributed by atoms with van der Waals surface area (Å²) in [6.45, 7) is 2.36. The number of amides is 1. The molecule has 4 rings (SSSR count). The van der Waals surface area contributed by atoms with Crippen molar-refractivity contribution in [3.63, 3.8) is 0 Å². The fourth-order valence-corrected chi connectivity index (χ4v) is 3.47. The molecule has 134 valence electrons. The molecule has 2 N–H and O–H groups in total. The van der Waals surface area contributed by atoms with Gasteiger partial charge in [0.15, 0.2) is 0 Å². The van der Waals surface area contributed by atoms with Crippen molar-refractivity contribution in [1.82, 2.24) is 19.9 Å². The predicted molar refractivity (Wildman–Crippen MR) is 102 cm³/mol. The van der Waals surface area contributed by atoms with Crippen LogP contribution in [0, 0.1) is 0 Å². The molecule has 1 aliphatic heterocycles. The number of piperidine rings is 1. The molecule has 1 aromatic carbocycles. The lowest BCUT2D eigenvalue weighted by Gasteiger charge is -2.26. The summed E-state index contributed by atoms with van der Waals surface area (Å²) in [6, 6.07) is 9.97. The molecular weight excluding hydrogens is 326 g/mol. The van der Waals surface area contributed by atoms with Crippen LogP contribution in [0.3, 0.4) is 0 Å². The van der Waals surface area contributed by atoms with Gasteiger partial charge in [0.2, 0.25) is 5.95 Å². The van der Waals surface area contributed by atoms with Crippen LogP contribution >= 0.6 is 0 Å². The minimum Gasteiger partial charge on any atom is -0.361 e. The highest BCUT2D eigenvalue weighted by atomic mass is 16.2. The number of benzene rings is 1. The van der Waals surface area contributed by atoms with Crippen LogP contribution in [0.1, 0.15) is 35.3 Å². The van der Waals surface area contributed by atoms with E-state index in [1.165, 1.54) is 17.4 Å². The fourth-order valence-electron chi connectivity index (χ4n) is 3.47. The Hall–Kier alpha value is -2.89. The maximum Gasteiger partial charge on any atom is 0.272 e. The van der Waals surface area contributed by atoms with E-state index in [0.717, 1.165) is 37.9 Å². The van der Waals surface area contributed by atoms with Gasteiger partial charge in [-0.25, -0.2) is 9.97 Å². The van der Waals surface area contributed by atoms with Crippen LogP contribution in [-0.2, 0) is 6.42 Å². The summed E-state index contributed by atoms with van der Waals surface area (Å²) in [5, 5.41) is 4.48. The lowest BCUT2D eigenvalue weighted by molar-refractivity contribution is 0.0718. The van der Waals surface area contributed by atoms with Gasteiger partial charge in [-0.1, -0.05) is 18.2 Å². The Morgan fingerprint density at radius 1 is 1.15 bits per heavy atom. The van der Waals surface area contributed by atoms with Crippen LogP contribution in [0.15, 0.2) is 42.7 Å². The summed E-state index contributed by atoms with van der Waals surface area (Å²) < 4.78 is 0. The maximum atomic E-state index is 12.6. The van der Waals surface area contributed by atoms with E-state index in [9.17, 15) is 4.79 Å². The van der Waals surface area contributed by atoms with Gasteiger partial charge in [-0.05, 0) is 43.4 Å². The Morgan fingerprint density at radius 2 is 2.00 bits per heavy atom. The minimum absolute atomic E-state index is 0.00628. The number of nitrogens with zero attached hydrogens (tertiary/aromatic N) is 3. The van der Waals surface area contributed by atoms with Gasteiger partial charge in [0.25, 0.3) is 5.91 Å². The Bertz CT molecular complexity index is 898. The van der Waals surface area contributed by atoms with Crippen molar-refractivity contribution < 1.29 is 4.79 Å². The average Bonchev–Trinajstić information content (AvgIpc) is 3.12. The standard InChI is InChI=1S/C20H23N5O/c26-19(25-12-4-1-5-13-25)18-9-11-22-20(24-18)21-10-8-15-14-23-17-7-3-2-6-16(15)17/h2-3,6-7,9,11,14,23H,1,4-5,8,10,12-13H2,(H,21,22,24). The van der Waals surface area contributed by atoms with E-state index < -0.39 is 0 Å². The quantitative estimate of drug-likeness (QED) is 0.742. The first-order valence-corrected chi connectivity index (χ1v) is 9.22. The van der Waals surface area contributed by atoms with Gasteiger partial charge >= 0.3 is 0 Å². The van der Waals surface area contributed by atoms with E-state index in [0.29, 0.717) is 18.2 Å². The van der Waals surface area contributed by atoms with Crippen LogP contribution < -0.4 is 5.32 Å². The summed E-state index contributed by atoms with van der Waals surface area (Å²) in [6.07, 6.45) is 7.91. The van der Waals surface area contributed by atoms with E-state index in [1.807, 2.05) is 23.2 Å². The molecule has 1 aliphatic rings. The first-order valence-electron chi connectivity index (χ1n) is 9.22. The van der Waals surface area contributed by atoms with Crippen LogP contribution in [0.25, 0.3) is 10.9 Å². The summed E-state index contributed by atoms with van der Waals surface area (Å²) in [4.78, 5) is 26.4. The number of carbonyl (C=O) groups excluding carboxylic acids is 1. The summed E-state index contributed by atoms with van der Waals surface area (Å²) in [7, 11) is 0. The van der Waals surface area contributed by atoms with Gasteiger partial charge in [-0.15, -0.1) is 0 Å². The molecular formula is C20H23N5O. The van der Waals surface area contributed by atoms with Gasteiger partial charge in [0, 0.05) is 42.9 Å². The SMILES string of the molecule is O=C(c1ccnc(NCCc2c[nH]c3ccccc23)n1)N1CCCCC1. The molecule has 0 radical (unpaired) electrons. The lowest BCUT2D eigenvalue weighted by atomic mass is 10.1. The van der Waals surface area contributed by atoms with Crippen molar-refractivity contribution >= 4 is 22.8 Å². The van der Waals surface area contributed by atoms with Crippen molar-refractivity contribution in [3.05, 3.63) is 54.0 Å². The zero-order valence-corrected chi connectivity index (χ0v) is 14.7. The van der Waals surface area contributed by atoms with Gasteiger partial charge in [0.1, 0.15) is 5.69 Å². The zero-order valence-electron chi connectivity index (χ0n) is 14.7. The maximum absolute atomic E-state index is 12.6. The van der Waals surface area contributed by atoms with Crippen LogP contribution in [0.2, 0.25) is 0 Å². The number of para-hydroxylation sites is 1. The summed E-state index contributed by atoms with van der Waals surface area (Å²) >= 11 is 0. The first kappa shape index (κ1) is 16.6. The Balaban J connectivity index is 1.38. The number of fused-ring (bicyclic) bond motifs is 1. The predicted octanol–water partition coefficient (Wildman–Crippen LogP) is 3.24. The molecule has 0 saturated carbocycles. The first-order chi connectivity index (χ1) is 12.8. The lowest BCUT2D eigenvalue weighted by Crippen LogP contribution is -2.36. The van der Waals surface area contributed by atoms with E-state index >= 15 is 0 Å². The van der Waals surface area contributed by atoms with Crippen molar-refractivity contribution in [2.24, 2.45) is 0 Å². The number of nitrogens with one attached hydrogen (secondary N) is 2. The minimum atomic E-state index is 0.00628. The molecule has 6 nitrogen and oxygen atoms in total. The molecule has 0 bridgehead atoms. The van der Waals surface area contributed by atoms with Gasteiger partial charge in [0.05, 0.1) is 0 Å². The molecule has 6 heteroatoms. The molecule has 1 amide bonds. The van der Waals surface area contributed by atoms with E-state index in [2.05, 4.69) is 32.4 Å². The molecule has 0 aliphatic carbocycles.